The van der Waals surface area contributed by atoms with E-state index in [-0.39, 0.29) is 0 Å². The molecule has 0 saturated carbocycles. The van der Waals surface area contributed by atoms with Gasteiger partial charge in [-0.15, -0.1) is 0 Å². The molecule has 0 radical (unpaired) electrons. The van der Waals surface area contributed by atoms with Gasteiger partial charge in [0.2, 0.25) is 0 Å². The van der Waals surface area contributed by atoms with Crippen LogP contribution in [0.2, 0.25) is 0 Å². The molecule has 5 atom stereocenters. The predicted octanol–water partition coefficient (Wildman–Crippen LogP) is -3.13. The van der Waals surface area contributed by atoms with Crippen LogP contribution in [-0.4, -0.2) is 62.2 Å². The Hall–Kier alpha value is -0.730. The monoisotopic (exact) mass is 194 g/mol. The SMILES string of the molecule is O=C(O)C1O[C@H](O)C(O)[C@H](O)[C@H]1O. The summed E-state index contributed by atoms with van der Waals surface area (Å²) in [5.74, 6) is -1.52. The number of aliphatic hydroxyl groups is 4. The summed E-state index contributed by atoms with van der Waals surface area (Å²) in [6, 6.07) is 0. The van der Waals surface area contributed by atoms with Crippen molar-refractivity contribution in [2.24, 2.45) is 0 Å². The number of aliphatic carboxylic acids is 1. The van der Waals surface area contributed by atoms with E-state index in [1.165, 1.54) is 0 Å². The molecule has 0 spiro atoms. The van der Waals surface area contributed by atoms with E-state index in [2.05, 4.69) is 4.74 Å². The second-order valence-electron chi connectivity index (χ2n) is 2.76. The molecule has 0 aliphatic carbocycles. The molecule has 76 valence electrons. The Morgan fingerprint density at radius 1 is 1.00 bits per heavy atom. The van der Waals surface area contributed by atoms with Gasteiger partial charge >= 0.3 is 5.97 Å². The van der Waals surface area contributed by atoms with Crippen LogP contribution in [0, 0.1) is 0 Å². The average Bonchev–Trinajstić information content (AvgIpc) is 2.07. The van der Waals surface area contributed by atoms with E-state index in [9.17, 15) is 4.79 Å². The molecule has 0 aromatic rings. The van der Waals surface area contributed by atoms with Gasteiger partial charge in [0, 0.05) is 0 Å². The van der Waals surface area contributed by atoms with Gasteiger partial charge in [0.15, 0.2) is 12.4 Å². The van der Waals surface area contributed by atoms with Crippen molar-refractivity contribution in [2.45, 2.75) is 30.7 Å². The summed E-state index contributed by atoms with van der Waals surface area (Å²) < 4.78 is 4.34. The lowest BCUT2D eigenvalue weighted by atomic mass is 9.99. The molecule has 0 amide bonds. The van der Waals surface area contributed by atoms with Crippen molar-refractivity contribution in [3.63, 3.8) is 0 Å². The van der Waals surface area contributed by atoms with Gasteiger partial charge in [-0.1, -0.05) is 0 Å². The molecule has 1 saturated heterocycles. The van der Waals surface area contributed by atoms with E-state index in [4.69, 9.17) is 25.5 Å². The summed E-state index contributed by atoms with van der Waals surface area (Å²) in [6.07, 6.45) is -8.72. The Labute approximate surface area is 72.8 Å². The maximum absolute atomic E-state index is 10.4. The summed E-state index contributed by atoms with van der Waals surface area (Å²) in [5.41, 5.74) is 0. The van der Waals surface area contributed by atoms with E-state index in [1.807, 2.05) is 0 Å². The minimum absolute atomic E-state index is 1.52. The van der Waals surface area contributed by atoms with E-state index < -0.39 is 36.7 Å². The molecular formula is C6H10O7. The molecule has 2 unspecified atom stereocenters. The summed E-state index contributed by atoms with van der Waals surface area (Å²) in [6.45, 7) is 0. The first-order valence-corrected chi connectivity index (χ1v) is 3.55. The molecule has 13 heavy (non-hydrogen) atoms. The minimum atomic E-state index is -1.81. The Morgan fingerprint density at radius 2 is 1.54 bits per heavy atom. The van der Waals surface area contributed by atoms with E-state index in [0.717, 1.165) is 0 Å². The summed E-state index contributed by atoms with van der Waals surface area (Å²) in [7, 11) is 0. The number of carbonyl (C=O) groups is 1. The van der Waals surface area contributed by atoms with Gasteiger partial charge in [-0.2, -0.15) is 0 Å². The molecule has 7 nitrogen and oxygen atoms in total. The predicted molar refractivity (Wildman–Crippen MR) is 36.5 cm³/mol. The van der Waals surface area contributed by atoms with Crippen LogP contribution in [0.4, 0.5) is 0 Å². The third kappa shape index (κ3) is 1.79. The summed E-state index contributed by atoms with van der Waals surface area (Å²) >= 11 is 0. The number of aliphatic hydroxyl groups excluding tert-OH is 4. The number of rotatable bonds is 1. The number of hydrogen-bond donors (Lipinski definition) is 5. The van der Waals surface area contributed by atoms with Crippen LogP contribution < -0.4 is 0 Å². The topological polar surface area (TPSA) is 127 Å². The fourth-order valence-electron chi connectivity index (χ4n) is 1.07. The lowest BCUT2D eigenvalue weighted by Crippen LogP contribution is -2.59. The highest BCUT2D eigenvalue weighted by atomic mass is 16.6. The molecule has 1 aliphatic rings. The van der Waals surface area contributed by atoms with Crippen LogP contribution in [0.25, 0.3) is 0 Å². The molecule has 0 bridgehead atoms. The highest BCUT2D eigenvalue weighted by Crippen LogP contribution is 2.19. The molecule has 1 aliphatic heterocycles. The van der Waals surface area contributed by atoms with Crippen LogP contribution in [0.15, 0.2) is 0 Å². The molecule has 0 aromatic carbocycles. The standard InChI is InChI=1S/C6H10O7/c7-1-2(8)4(5(10)11)13-6(12)3(1)9/h1-4,6-9,12H,(H,10,11)/t1-,2-,3?,4?,6+/m1/s1. The second-order valence-corrected chi connectivity index (χ2v) is 2.76. The van der Waals surface area contributed by atoms with Gasteiger partial charge < -0.3 is 30.3 Å². The smallest absolute Gasteiger partial charge is 0.335 e. The fourth-order valence-corrected chi connectivity index (χ4v) is 1.07. The molecule has 5 N–H and O–H groups in total. The van der Waals surface area contributed by atoms with Crippen molar-refractivity contribution in [2.75, 3.05) is 0 Å². The van der Waals surface area contributed by atoms with Gasteiger partial charge in [0.25, 0.3) is 0 Å². The van der Waals surface area contributed by atoms with Gasteiger partial charge in [-0.25, -0.2) is 4.79 Å². The first kappa shape index (κ1) is 10.4. The van der Waals surface area contributed by atoms with Gasteiger partial charge in [0.05, 0.1) is 0 Å². The Morgan fingerprint density at radius 3 is 2.00 bits per heavy atom. The number of carboxylic acid groups (broad SMARTS) is 1. The van der Waals surface area contributed by atoms with Crippen molar-refractivity contribution in [1.29, 1.82) is 0 Å². The maximum Gasteiger partial charge on any atom is 0.335 e. The number of hydrogen-bond acceptors (Lipinski definition) is 6. The zero-order valence-electron chi connectivity index (χ0n) is 6.44. The van der Waals surface area contributed by atoms with Crippen LogP contribution in [0.5, 0.6) is 0 Å². The molecule has 7 heteroatoms. The summed E-state index contributed by atoms with van der Waals surface area (Å²) in [4.78, 5) is 10.4. The number of carboxylic acids is 1. The van der Waals surface area contributed by atoms with Gasteiger partial charge in [-0.3, -0.25) is 0 Å². The van der Waals surface area contributed by atoms with Crippen molar-refractivity contribution >= 4 is 5.97 Å². The molecule has 1 rings (SSSR count). The van der Waals surface area contributed by atoms with Gasteiger partial charge in [-0.05, 0) is 0 Å². The largest absolute Gasteiger partial charge is 0.479 e. The molecular weight excluding hydrogens is 184 g/mol. The Balaban J connectivity index is 2.76. The lowest BCUT2D eigenvalue weighted by Gasteiger charge is -2.36. The minimum Gasteiger partial charge on any atom is -0.479 e. The molecule has 0 aromatic heterocycles. The average molecular weight is 194 g/mol. The zero-order chi connectivity index (χ0) is 10.2. The quantitative estimate of drug-likeness (QED) is 0.298. The van der Waals surface area contributed by atoms with Crippen molar-refractivity contribution in [3.05, 3.63) is 0 Å². The van der Waals surface area contributed by atoms with Crippen LogP contribution in [0.3, 0.4) is 0 Å². The highest BCUT2D eigenvalue weighted by molar-refractivity contribution is 5.73. The van der Waals surface area contributed by atoms with E-state index in [1.54, 1.807) is 0 Å². The van der Waals surface area contributed by atoms with E-state index in [0.29, 0.717) is 0 Å². The molecule has 1 heterocycles. The third-order valence-corrected chi connectivity index (χ3v) is 1.83. The lowest BCUT2D eigenvalue weighted by molar-refractivity contribution is -0.279. The van der Waals surface area contributed by atoms with Gasteiger partial charge in [0.1, 0.15) is 18.3 Å². The summed E-state index contributed by atoms with van der Waals surface area (Å²) in [5, 5.41) is 44.4. The van der Waals surface area contributed by atoms with Crippen LogP contribution >= 0.6 is 0 Å². The first-order valence-electron chi connectivity index (χ1n) is 3.55. The normalized spacial score (nSPS) is 46.0. The first-order chi connectivity index (χ1) is 5.95. The Bertz CT molecular complexity index is 205. The number of ether oxygens (including phenoxy) is 1. The maximum atomic E-state index is 10.4. The van der Waals surface area contributed by atoms with Crippen molar-refractivity contribution in [3.8, 4) is 0 Å². The highest BCUT2D eigenvalue weighted by Gasteiger charge is 2.46. The second kappa shape index (κ2) is 3.56. The Kier molecular flexibility index (Phi) is 2.84. The van der Waals surface area contributed by atoms with Crippen molar-refractivity contribution in [1.82, 2.24) is 0 Å². The van der Waals surface area contributed by atoms with Crippen LogP contribution in [-0.2, 0) is 9.53 Å². The fraction of sp³-hybridized carbons (Fsp3) is 0.833. The third-order valence-electron chi connectivity index (χ3n) is 1.83. The van der Waals surface area contributed by atoms with Crippen molar-refractivity contribution < 1.29 is 35.1 Å². The van der Waals surface area contributed by atoms with E-state index >= 15 is 0 Å². The zero-order valence-corrected chi connectivity index (χ0v) is 6.44. The van der Waals surface area contributed by atoms with Crippen LogP contribution in [0.1, 0.15) is 0 Å². The molecule has 1 fully saturated rings.